The van der Waals surface area contributed by atoms with Crippen molar-refractivity contribution in [1.29, 1.82) is 0 Å². The lowest BCUT2D eigenvalue weighted by Gasteiger charge is -2.06. The molecule has 1 unspecified atom stereocenters. The van der Waals surface area contributed by atoms with E-state index in [1.54, 1.807) is 0 Å². The molecule has 0 aromatic heterocycles. The molecule has 0 bridgehead atoms. The van der Waals surface area contributed by atoms with Crippen LogP contribution >= 0.6 is 11.6 Å². The molecule has 0 aliphatic heterocycles. The highest BCUT2D eigenvalue weighted by Crippen LogP contribution is 2.21. The van der Waals surface area contributed by atoms with Gasteiger partial charge in [-0.25, -0.2) is 13.6 Å². The SMILES string of the molecule is O=C(O)c1ccc(F)c(S(=O)Cc2ccc(Cl)cc2F)c1. The molecule has 2 rings (SSSR count). The van der Waals surface area contributed by atoms with Crippen LogP contribution in [0.15, 0.2) is 41.3 Å². The van der Waals surface area contributed by atoms with Crippen LogP contribution in [0.2, 0.25) is 5.02 Å². The van der Waals surface area contributed by atoms with Gasteiger partial charge in [-0.05, 0) is 30.3 Å². The number of rotatable bonds is 4. The van der Waals surface area contributed by atoms with Crippen LogP contribution in [0, 0.1) is 11.6 Å². The van der Waals surface area contributed by atoms with Crippen LogP contribution in [0.1, 0.15) is 15.9 Å². The second-order valence-corrected chi connectivity index (χ2v) is 6.03. The molecule has 0 aliphatic rings. The van der Waals surface area contributed by atoms with Crippen molar-refractivity contribution in [1.82, 2.24) is 0 Å². The lowest BCUT2D eigenvalue weighted by molar-refractivity contribution is 0.0696. The lowest BCUT2D eigenvalue weighted by Crippen LogP contribution is -2.04. The van der Waals surface area contributed by atoms with E-state index in [2.05, 4.69) is 0 Å². The fourth-order valence-corrected chi connectivity index (χ4v) is 3.04. The molecule has 0 radical (unpaired) electrons. The third kappa shape index (κ3) is 3.65. The average Bonchev–Trinajstić information content (AvgIpc) is 2.42. The number of carboxylic acid groups (broad SMARTS) is 1. The number of aromatic carboxylic acids is 1. The molecule has 2 aromatic carbocycles. The molecule has 3 nitrogen and oxygen atoms in total. The minimum Gasteiger partial charge on any atom is -0.478 e. The van der Waals surface area contributed by atoms with Gasteiger partial charge in [-0.2, -0.15) is 0 Å². The molecule has 0 fully saturated rings. The van der Waals surface area contributed by atoms with Crippen LogP contribution in [-0.4, -0.2) is 15.3 Å². The summed E-state index contributed by atoms with van der Waals surface area (Å²) in [7, 11) is -1.91. The number of carboxylic acids is 1. The van der Waals surface area contributed by atoms with Gasteiger partial charge in [0.05, 0.1) is 27.0 Å². The predicted octanol–water partition coefficient (Wildman–Crippen LogP) is 3.62. The van der Waals surface area contributed by atoms with Crippen molar-refractivity contribution < 1.29 is 22.9 Å². The fraction of sp³-hybridized carbons (Fsp3) is 0.0714. The van der Waals surface area contributed by atoms with Gasteiger partial charge in [-0.1, -0.05) is 17.7 Å². The first-order valence-electron chi connectivity index (χ1n) is 5.73. The van der Waals surface area contributed by atoms with Gasteiger partial charge in [0.25, 0.3) is 0 Å². The summed E-state index contributed by atoms with van der Waals surface area (Å²) in [5.41, 5.74) is -0.0748. The topological polar surface area (TPSA) is 54.4 Å². The van der Waals surface area contributed by atoms with Crippen LogP contribution < -0.4 is 0 Å². The van der Waals surface area contributed by atoms with E-state index in [0.717, 1.165) is 24.3 Å². The zero-order valence-corrected chi connectivity index (χ0v) is 12.0. The quantitative estimate of drug-likeness (QED) is 0.931. The van der Waals surface area contributed by atoms with E-state index in [9.17, 15) is 17.8 Å². The van der Waals surface area contributed by atoms with Crippen molar-refractivity contribution in [3.8, 4) is 0 Å². The standard InChI is InChI=1S/C14H9ClF2O3S/c15-10-3-1-9(12(17)6-10)7-21(20)13-5-8(14(18)19)2-4-11(13)16/h1-6H,7H2,(H,18,19). The van der Waals surface area contributed by atoms with Crippen molar-refractivity contribution >= 4 is 28.4 Å². The maximum absolute atomic E-state index is 13.7. The summed E-state index contributed by atoms with van der Waals surface area (Å²) in [6.07, 6.45) is 0. The minimum atomic E-state index is -1.91. The average molecular weight is 331 g/mol. The highest BCUT2D eigenvalue weighted by atomic mass is 35.5. The van der Waals surface area contributed by atoms with E-state index in [1.165, 1.54) is 12.1 Å². The summed E-state index contributed by atoms with van der Waals surface area (Å²) in [6, 6.07) is 6.84. The molecular weight excluding hydrogens is 322 g/mol. The minimum absolute atomic E-state index is 0.109. The van der Waals surface area contributed by atoms with Gasteiger partial charge in [0, 0.05) is 10.6 Å². The van der Waals surface area contributed by atoms with Crippen LogP contribution in [0.25, 0.3) is 0 Å². The molecule has 7 heteroatoms. The van der Waals surface area contributed by atoms with E-state index in [0.29, 0.717) is 0 Å². The molecule has 0 spiro atoms. The Labute approximate surface area is 126 Å². The summed E-state index contributed by atoms with van der Waals surface area (Å²) >= 11 is 5.61. The predicted molar refractivity (Wildman–Crippen MR) is 74.9 cm³/mol. The van der Waals surface area contributed by atoms with Crippen molar-refractivity contribution in [3.63, 3.8) is 0 Å². The molecule has 1 N–H and O–H groups in total. The van der Waals surface area contributed by atoms with Gasteiger partial charge in [0.1, 0.15) is 11.6 Å². The first kappa shape index (κ1) is 15.6. The summed E-state index contributed by atoms with van der Waals surface area (Å²) in [5, 5.41) is 9.05. The zero-order chi connectivity index (χ0) is 15.6. The molecule has 0 aliphatic carbocycles. The summed E-state index contributed by atoms with van der Waals surface area (Å²) in [4.78, 5) is 10.6. The third-order valence-corrected chi connectivity index (χ3v) is 4.34. The maximum Gasteiger partial charge on any atom is 0.335 e. The highest BCUT2D eigenvalue weighted by Gasteiger charge is 2.16. The van der Waals surface area contributed by atoms with Crippen molar-refractivity contribution in [2.24, 2.45) is 0 Å². The molecular formula is C14H9ClF2O3S. The number of hydrogen-bond acceptors (Lipinski definition) is 2. The number of carbonyl (C=O) groups is 1. The zero-order valence-electron chi connectivity index (χ0n) is 10.5. The van der Waals surface area contributed by atoms with Crippen molar-refractivity contribution in [2.75, 3.05) is 0 Å². The molecule has 21 heavy (non-hydrogen) atoms. The normalized spacial score (nSPS) is 12.1. The number of hydrogen-bond donors (Lipinski definition) is 1. The molecule has 0 saturated carbocycles. The van der Waals surface area contributed by atoms with Crippen LogP contribution in [0.5, 0.6) is 0 Å². The summed E-state index contributed by atoms with van der Waals surface area (Å²) in [5.74, 6) is -2.98. The second-order valence-electron chi connectivity index (χ2n) is 4.18. The Balaban J connectivity index is 2.32. The smallest absolute Gasteiger partial charge is 0.335 e. The molecule has 0 heterocycles. The molecule has 1 atom stereocenters. The van der Waals surface area contributed by atoms with E-state index in [4.69, 9.17) is 16.7 Å². The third-order valence-electron chi connectivity index (χ3n) is 2.73. The van der Waals surface area contributed by atoms with Gasteiger partial charge in [0.2, 0.25) is 0 Å². The van der Waals surface area contributed by atoms with Gasteiger partial charge in [0.15, 0.2) is 0 Å². The number of benzene rings is 2. The van der Waals surface area contributed by atoms with E-state index >= 15 is 0 Å². The van der Waals surface area contributed by atoms with Crippen molar-refractivity contribution in [2.45, 2.75) is 10.6 Å². The van der Waals surface area contributed by atoms with Gasteiger partial charge >= 0.3 is 5.97 Å². The number of halogens is 3. The second kappa shape index (κ2) is 6.32. The van der Waals surface area contributed by atoms with E-state index < -0.39 is 28.4 Å². The first-order valence-corrected chi connectivity index (χ1v) is 7.43. The van der Waals surface area contributed by atoms with Crippen LogP contribution in [0.3, 0.4) is 0 Å². The van der Waals surface area contributed by atoms with Gasteiger partial charge in [-0.15, -0.1) is 0 Å². The fourth-order valence-electron chi connectivity index (χ4n) is 1.67. The maximum atomic E-state index is 13.7. The Bertz CT molecular complexity index is 734. The molecule has 0 amide bonds. The monoisotopic (exact) mass is 330 g/mol. The van der Waals surface area contributed by atoms with E-state index in [-0.39, 0.29) is 26.8 Å². The Morgan fingerprint density at radius 1 is 1.14 bits per heavy atom. The van der Waals surface area contributed by atoms with Gasteiger partial charge < -0.3 is 5.11 Å². The molecule has 2 aromatic rings. The van der Waals surface area contributed by atoms with Gasteiger partial charge in [-0.3, -0.25) is 4.21 Å². The van der Waals surface area contributed by atoms with Crippen LogP contribution in [-0.2, 0) is 16.6 Å². The lowest BCUT2D eigenvalue weighted by atomic mass is 10.2. The first-order chi connectivity index (χ1) is 9.88. The Morgan fingerprint density at radius 3 is 2.48 bits per heavy atom. The Morgan fingerprint density at radius 2 is 1.86 bits per heavy atom. The molecule has 110 valence electrons. The molecule has 0 saturated heterocycles. The Kier molecular flexibility index (Phi) is 4.69. The largest absolute Gasteiger partial charge is 0.478 e. The van der Waals surface area contributed by atoms with E-state index in [1.807, 2.05) is 0 Å². The summed E-state index contributed by atoms with van der Waals surface area (Å²) < 4.78 is 39.4. The van der Waals surface area contributed by atoms with Crippen molar-refractivity contribution in [3.05, 3.63) is 64.2 Å². The Hall–Kier alpha value is -1.79. The summed E-state index contributed by atoms with van der Waals surface area (Å²) in [6.45, 7) is 0. The van der Waals surface area contributed by atoms with Crippen LogP contribution in [0.4, 0.5) is 8.78 Å². The highest BCUT2D eigenvalue weighted by molar-refractivity contribution is 7.84.